The molecule has 2 saturated heterocycles. The van der Waals surface area contributed by atoms with Gasteiger partial charge in [0.2, 0.25) is 0 Å². The normalized spacial score (nSPS) is 28.4. The summed E-state index contributed by atoms with van der Waals surface area (Å²) >= 11 is 5.91. The quantitative estimate of drug-likeness (QED) is 0.866. The highest BCUT2D eigenvalue weighted by Gasteiger charge is 2.34. The summed E-state index contributed by atoms with van der Waals surface area (Å²) in [5, 5.41) is 4.27. The molecule has 2 aliphatic rings. The van der Waals surface area contributed by atoms with Crippen molar-refractivity contribution < 1.29 is 9.53 Å². The number of carbonyl (C=O) groups is 1. The van der Waals surface area contributed by atoms with Gasteiger partial charge in [0.05, 0.1) is 0 Å². The summed E-state index contributed by atoms with van der Waals surface area (Å²) in [6.07, 6.45) is 5.30. The number of carbonyl (C=O) groups excluding carboxylic acids is 1. The Bertz CT molecular complexity index is 479. The second-order valence-electron chi connectivity index (χ2n) is 5.97. The molecule has 2 unspecified atom stereocenters. The van der Waals surface area contributed by atoms with Crippen LogP contribution in [0.4, 0.5) is 0 Å². The molecule has 2 atom stereocenters. The Kier molecular flexibility index (Phi) is 4.27. The topological polar surface area (TPSA) is 38.3 Å². The molecule has 3 nitrogen and oxygen atoms in total. The van der Waals surface area contributed by atoms with Gasteiger partial charge in [-0.15, -0.1) is 0 Å². The number of halogens is 1. The lowest BCUT2D eigenvalue weighted by molar-refractivity contribution is -0.146. The maximum Gasteiger partial charge on any atom is 0.306 e. The summed E-state index contributed by atoms with van der Waals surface area (Å²) < 4.78 is 5.36. The third-order valence-electron chi connectivity index (χ3n) is 4.31. The van der Waals surface area contributed by atoms with Crippen LogP contribution in [-0.4, -0.2) is 18.1 Å². The first-order chi connectivity index (χ1) is 9.69. The standard InChI is InChI=1S/C16H20ClNO2/c17-13-3-1-2-11(6-13)10-20-16(19)9-12-7-14-4-5-15(8-12)18-14/h1-3,6,12,14-15,18H,4-5,7-10H2. The molecule has 0 saturated carbocycles. The van der Waals surface area contributed by atoms with Gasteiger partial charge >= 0.3 is 5.97 Å². The molecule has 1 aromatic rings. The second kappa shape index (κ2) is 6.15. The Hall–Kier alpha value is -1.06. The average Bonchev–Trinajstić information content (AvgIpc) is 2.76. The zero-order valence-corrected chi connectivity index (χ0v) is 12.2. The van der Waals surface area contributed by atoms with Crippen molar-refractivity contribution in [1.29, 1.82) is 0 Å². The van der Waals surface area contributed by atoms with Crippen molar-refractivity contribution in [3.05, 3.63) is 34.9 Å². The molecule has 0 amide bonds. The highest BCUT2D eigenvalue weighted by atomic mass is 35.5. The predicted molar refractivity (Wildman–Crippen MR) is 78.5 cm³/mol. The lowest BCUT2D eigenvalue weighted by Crippen LogP contribution is -2.38. The molecule has 2 bridgehead atoms. The van der Waals surface area contributed by atoms with Gasteiger partial charge < -0.3 is 10.1 Å². The zero-order valence-electron chi connectivity index (χ0n) is 11.5. The van der Waals surface area contributed by atoms with Crippen molar-refractivity contribution in [3.63, 3.8) is 0 Å². The fraction of sp³-hybridized carbons (Fsp3) is 0.562. The van der Waals surface area contributed by atoms with Gasteiger partial charge in [0.25, 0.3) is 0 Å². The van der Waals surface area contributed by atoms with Crippen LogP contribution in [0.1, 0.15) is 37.7 Å². The molecule has 3 rings (SSSR count). The van der Waals surface area contributed by atoms with Gasteiger partial charge in [-0.05, 0) is 49.3 Å². The Labute approximate surface area is 124 Å². The van der Waals surface area contributed by atoms with E-state index in [2.05, 4.69) is 5.32 Å². The molecule has 0 radical (unpaired) electrons. The number of benzene rings is 1. The molecule has 1 N–H and O–H groups in total. The molecule has 1 aromatic carbocycles. The summed E-state index contributed by atoms with van der Waals surface area (Å²) in [6.45, 7) is 0.317. The Morgan fingerprint density at radius 3 is 2.75 bits per heavy atom. The number of esters is 1. The SMILES string of the molecule is O=C(CC1CC2CCC(C1)N2)OCc1cccc(Cl)c1. The molecule has 0 aliphatic carbocycles. The van der Waals surface area contributed by atoms with E-state index in [0.29, 0.717) is 36.1 Å². The number of rotatable bonds is 4. The third-order valence-corrected chi connectivity index (χ3v) is 4.55. The van der Waals surface area contributed by atoms with Crippen LogP contribution in [-0.2, 0) is 16.1 Å². The maximum atomic E-state index is 11.9. The maximum absolute atomic E-state index is 11.9. The van der Waals surface area contributed by atoms with E-state index in [4.69, 9.17) is 16.3 Å². The van der Waals surface area contributed by atoms with Crippen molar-refractivity contribution in [2.24, 2.45) is 5.92 Å². The van der Waals surface area contributed by atoms with E-state index in [-0.39, 0.29) is 5.97 Å². The fourth-order valence-corrected chi connectivity index (χ4v) is 3.64. The van der Waals surface area contributed by atoms with Crippen LogP contribution in [0.5, 0.6) is 0 Å². The average molecular weight is 294 g/mol. The molecule has 4 heteroatoms. The highest BCUT2D eigenvalue weighted by molar-refractivity contribution is 6.30. The van der Waals surface area contributed by atoms with Gasteiger partial charge in [-0.1, -0.05) is 23.7 Å². The Balaban J connectivity index is 1.45. The largest absolute Gasteiger partial charge is 0.461 e. The van der Waals surface area contributed by atoms with Gasteiger partial charge in [-0.25, -0.2) is 0 Å². The van der Waals surface area contributed by atoms with Crippen molar-refractivity contribution in [2.75, 3.05) is 0 Å². The molecule has 20 heavy (non-hydrogen) atoms. The lowest BCUT2D eigenvalue weighted by Gasteiger charge is -2.28. The minimum Gasteiger partial charge on any atom is -0.461 e. The minimum absolute atomic E-state index is 0.0868. The van der Waals surface area contributed by atoms with E-state index in [1.54, 1.807) is 0 Å². The number of nitrogens with one attached hydrogen (secondary N) is 1. The van der Waals surface area contributed by atoms with Crippen molar-refractivity contribution in [2.45, 2.75) is 50.8 Å². The first-order valence-corrected chi connectivity index (χ1v) is 7.73. The molecule has 0 spiro atoms. The van der Waals surface area contributed by atoms with Crippen LogP contribution in [0.25, 0.3) is 0 Å². The first kappa shape index (κ1) is 13.9. The van der Waals surface area contributed by atoms with Crippen LogP contribution >= 0.6 is 11.6 Å². The predicted octanol–water partition coefficient (Wildman–Crippen LogP) is 3.30. The number of hydrogen-bond acceptors (Lipinski definition) is 3. The molecule has 0 aromatic heterocycles. The third kappa shape index (κ3) is 3.53. The molecule has 108 valence electrons. The molecule has 2 fully saturated rings. The van der Waals surface area contributed by atoms with E-state index < -0.39 is 0 Å². The number of hydrogen-bond donors (Lipinski definition) is 1. The summed E-state index contributed by atoms with van der Waals surface area (Å²) in [6, 6.07) is 8.69. The lowest BCUT2D eigenvalue weighted by atomic mass is 9.90. The summed E-state index contributed by atoms with van der Waals surface area (Å²) in [4.78, 5) is 11.9. The summed E-state index contributed by atoms with van der Waals surface area (Å²) in [7, 11) is 0. The smallest absolute Gasteiger partial charge is 0.306 e. The van der Waals surface area contributed by atoms with E-state index in [0.717, 1.165) is 18.4 Å². The second-order valence-corrected chi connectivity index (χ2v) is 6.41. The number of fused-ring (bicyclic) bond motifs is 2. The van der Waals surface area contributed by atoms with Crippen LogP contribution in [0.3, 0.4) is 0 Å². The number of ether oxygens (including phenoxy) is 1. The Morgan fingerprint density at radius 1 is 1.30 bits per heavy atom. The number of piperidine rings is 1. The van der Waals surface area contributed by atoms with Crippen molar-refractivity contribution >= 4 is 17.6 Å². The molecule has 2 aliphatic heterocycles. The van der Waals surface area contributed by atoms with Crippen LogP contribution in [0.2, 0.25) is 5.02 Å². The van der Waals surface area contributed by atoms with Crippen LogP contribution in [0.15, 0.2) is 24.3 Å². The Morgan fingerprint density at radius 2 is 2.05 bits per heavy atom. The van der Waals surface area contributed by atoms with E-state index in [1.807, 2.05) is 24.3 Å². The van der Waals surface area contributed by atoms with Gasteiger partial charge in [0.15, 0.2) is 0 Å². The van der Waals surface area contributed by atoms with Crippen LogP contribution < -0.4 is 5.32 Å². The van der Waals surface area contributed by atoms with Gasteiger partial charge in [-0.2, -0.15) is 0 Å². The van der Waals surface area contributed by atoms with Crippen molar-refractivity contribution in [3.8, 4) is 0 Å². The monoisotopic (exact) mass is 293 g/mol. The van der Waals surface area contributed by atoms with Gasteiger partial charge in [-0.3, -0.25) is 4.79 Å². The van der Waals surface area contributed by atoms with Crippen molar-refractivity contribution in [1.82, 2.24) is 5.32 Å². The van der Waals surface area contributed by atoms with Gasteiger partial charge in [0, 0.05) is 23.5 Å². The van der Waals surface area contributed by atoms with Crippen LogP contribution in [0, 0.1) is 5.92 Å². The van der Waals surface area contributed by atoms with E-state index in [1.165, 1.54) is 12.8 Å². The summed E-state index contributed by atoms with van der Waals surface area (Å²) in [5.74, 6) is 0.400. The summed E-state index contributed by atoms with van der Waals surface area (Å²) in [5.41, 5.74) is 0.941. The zero-order chi connectivity index (χ0) is 13.9. The van der Waals surface area contributed by atoms with Gasteiger partial charge in [0.1, 0.15) is 6.61 Å². The minimum atomic E-state index is -0.0868. The first-order valence-electron chi connectivity index (χ1n) is 7.35. The van der Waals surface area contributed by atoms with E-state index >= 15 is 0 Å². The highest BCUT2D eigenvalue weighted by Crippen LogP contribution is 2.32. The fourth-order valence-electron chi connectivity index (χ4n) is 3.43. The van der Waals surface area contributed by atoms with E-state index in [9.17, 15) is 4.79 Å². The molecular formula is C16H20ClNO2. The molecule has 2 heterocycles. The molecular weight excluding hydrogens is 274 g/mol.